The van der Waals surface area contributed by atoms with Gasteiger partial charge in [-0.2, -0.15) is 0 Å². The van der Waals surface area contributed by atoms with Crippen LogP contribution in [-0.4, -0.2) is 41.9 Å². The molecule has 0 aromatic rings. The van der Waals surface area contributed by atoms with E-state index < -0.39 is 0 Å². The molecule has 4 saturated carbocycles. The van der Waals surface area contributed by atoms with Crippen LogP contribution < -0.4 is 0 Å². The number of Topliss-reactive ketones (excluding diaryl/α,β-unsaturated/α-hetero) is 1. The van der Waals surface area contributed by atoms with Crippen molar-refractivity contribution in [1.29, 1.82) is 0 Å². The summed E-state index contributed by atoms with van der Waals surface area (Å²) in [5.41, 5.74) is 0.471. The lowest BCUT2D eigenvalue weighted by molar-refractivity contribution is -0.156. The number of fused-ring (bicyclic) bond motifs is 5. The van der Waals surface area contributed by atoms with Crippen LogP contribution in [0.4, 0.5) is 0 Å². The van der Waals surface area contributed by atoms with Gasteiger partial charge in [0.2, 0.25) is 5.91 Å². The number of hydrogen-bond acceptors (Lipinski definition) is 3. The fourth-order valence-corrected chi connectivity index (χ4v) is 9.28. The maximum Gasteiger partial charge on any atom is 0.222 e. The number of aliphatic hydroxyl groups excluding tert-OH is 1. The molecule has 35 heavy (non-hydrogen) atoms. The fraction of sp³-hybridized carbons (Fsp3) is 0.935. The molecule has 8 atom stereocenters. The van der Waals surface area contributed by atoms with Gasteiger partial charge in [0.05, 0.1) is 6.10 Å². The average Bonchev–Trinajstić information content (AvgIpc) is 3.12. The van der Waals surface area contributed by atoms with Crippen LogP contribution in [-0.2, 0) is 9.59 Å². The number of amides is 1. The van der Waals surface area contributed by atoms with E-state index in [4.69, 9.17) is 0 Å². The minimum Gasteiger partial charge on any atom is -0.393 e. The van der Waals surface area contributed by atoms with Crippen LogP contribution in [0.25, 0.3) is 0 Å². The van der Waals surface area contributed by atoms with Gasteiger partial charge in [-0.1, -0.05) is 58.8 Å². The summed E-state index contributed by atoms with van der Waals surface area (Å²) in [4.78, 5) is 25.8. The van der Waals surface area contributed by atoms with E-state index in [1.807, 2.05) is 14.1 Å². The molecule has 4 aliphatic rings. The van der Waals surface area contributed by atoms with Crippen molar-refractivity contribution in [3.05, 3.63) is 0 Å². The Hall–Kier alpha value is -0.900. The van der Waals surface area contributed by atoms with Gasteiger partial charge in [0.25, 0.3) is 0 Å². The van der Waals surface area contributed by atoms with Crippen LogP contribution in [0.2, 0.25) is 0 Å². The van der Waals surface area contributed by atoms with E-state index >= 15 is 0 Å². The van der Waals surface area contributed by atoms with Gasteiger partial charge in [0.15, 0.2) is 0 Å². The third-order valence-electron chi connectivity index (χ3n) is 11.6. The summed E-state index contributed by atoms with van der Waals surface area (Å²) in [6.45, 7) is 4.94. The number of carbonyl (C=O) groups excluding carboxylic acids is 2. The quantitative estimate of drug-likeness (QED) is 0.345. The number of hydrogen-bond donors (Lipinski definition) is 1. The molecular formula is C31H53NO3. The normalized spacial score (nSPS) is 40.7. The minimum absolute atomic E-state index is 0.111. The van der Waals surface area contributed by atoms with Crippen molar-refractivity contribution < 1.29 is 14.7 Å². The zero-order valence-corrected chi connectivity index (χ0v) is 23.2. The van der Waals surface area contributed by atoms with Crippen molar-refractivity contribution in [2.24, 2.45) is 40.4 Å². The zero-order valence-electron chi connectivity index (χ0n) is 23.2. The van der Waals surface area contributed by atoms with Gasteiger partial charge < -0.3 is 10.0 Å². The maximum atomic E-state index is 12.4. The van der Waals surface area contributed by atoms with Crippen molar-refractivity contribution in [2.75, 3.05) is 14.1 Å². The van der Waals surface area contributed by atoms with Gasteiger partial charge in [0.1, 0.15) is 5.78 Å². The SMILES string of the molecule is CN(C)C(=O)CCCCCCCCC[C@@H]1C[C@H]2CC(=O)CC[C@]2(C)[C@H]2CC[C@]3(C)[C@@H](O)CC[C@H]3[C@H]12. The molecule has 0 saturated heterocycles. The van der Waals surface area contributed by atoms with E-state index in [-0.39, 0.29) is 17.4 Å². The van der Waals surface area contributed by atoms with E-state index in [0.717, 1.165) is 49.9 Å². The lowest BCUT2D eigenvalue weighted by Gasteiger charge is -2.62. The minimum atomic E-state index is -0.111. The lowest BCUT2D eigenvalue weighted by Crippen LogP contribution is -2.57. The van der Waals surface area contributed by atoms with Crippen molar-refractivity contribution in [1.82, 2.24) is 4.90 Å². The predicted octanol–water partition coefficient (Wildman–Crippen LogP) is 6.78. The highest BCUT2D eigenvalue weighted by atomic mass is 16.3. The second-order valence-electron chi connectivity index (χ2n) is 13.7. The summed E-state index contributed by atoms with van der Waals surface area (Å²) in [7, 11) is 3.68. The Balaban J connectivity index is 1.30. The number of ketones is 1. The third kappa shape index (κ3) is 5.53. The summed E-state index contributed by atoms with van der Waals surface area (Å²) in [6, 6.07) is 0. The molecule has 1 N–H and O–H groups in total. The Kier molecular flexibility index (Phi) is 8.71. The number of rotatable bonds is 10. The Morgan fingerprint density at radius 2 is 1.57 bits per heavy atom. The fourth-order valence-electron chi connectivity index (χ4n) is 9.28. The topological polar surface area (TPSA) is 57.6 Å². The summed E-state index contributed by atoms with van der Waals surface area (Å²) in [5, 5.41) is 10.9. The Labute approximate surface area is 215 Å². The smallest absolute Gasteiger partial charge is 0.222 e. The average molecular weight is 488 g/mol. The highest BCUT2D eigenvalue weighted by molar-refractivity contribution is 5.79. The number of carbonyl (C=O) groups is 2. The standard InChI is InChI=1S/C31H53NO3/c1-30-18-16-24(33)21-23(30)20-22(12-10-8-6-5-7-9-11-13-28(35)32(3)4)29-25-14-15-27(34)31(25,2)19-17-26(29)30/h22-23,25-27,29,34H,5-21H2,1-4H3/t22-,23+,25+,26+,27+,29+,30+,31+/m1/s1. The Morgan fingerprint density at radius 1 is 0.914 bits per heavy atom. The molecular weight excluding hydrogens is 434 g/mol. The first-order valence-electron chi connectivity index (χ1n) is 15.1. The van der Waals surface area contributed by atoms with E-state index in [1.165, 1.54) is 70.6 Å². The molecule has 0 heterocycles. The molecule has 0 unspecified atom stereocenters. The molecule has 4 rings (SSSR count). The molecule has 4 fully saturated rings. The van der Waals surface area contributed by atoms with E-state index in [0.29, 0.717) is 29.5 Å². The molecule has 0 bridgehead atoms. The number of aliphatic hydroxyl groups is 1. The molecule has 0 aromatic heterocycles. The van der Waals surface area contributed by atoms with Crippen molar-refractivity contribution in [3.63, 3.8) is 0 Å². The summed E-state index contributed by atoms with van der Waals surface area (Å²) >= 11 is 0. The molecule has 1 amide bonds. The lowest BCUT2D eigenvalue weighted by atomic mass is 9.42. The van der Waals surface area contributed by atoms with Crippen LogP contribution in [0.3, 0.4) is 0 Å². The highest BCUT2D eigenvalue weighted by Gasteiger charge is 2.62. The Morgan fingerprint density at radius 3 is 2.29 bits per heavy atom. The van der Waals surface area contributed by atoms with Crippen LogP contribution in [0.15, 0.2) is 0 Å². The van der Waals surface area contributed by atoms with Gasteiger partial charge in [-0.05, 0) is 85.4 Å². The molecule has 200 valence electrons. The molecule has 4 heteroatoms. The molecule has 0 aliphatic heterocycles. The predicted molar refractivity (Wildman–Crippen MR) is 142 cm³/mol. The van der Waals surface area contributed by atoms with Crippen LogP contribution in [0.1, 0.15) is 123 Å². The Bertz CT molecular complexity index is 750. The van der Waals surface area contributed by atoms with Crippen LogP contribution in [0, 0.1) is 40.4 Å². The van der Waals surface area contributed by atoms with E-state index in [1.54, 1.807) is 4.90 Å². The summed E-state index contributed by atoms with van der Waals surface area (Å²) in [6.07, 6.45) is 19.2. The summed E-state index contributed by atoms with van der Waals surface area (Å²) < 4.78 is 0. The van der Waals surface area contributed by atoms with E-state index in [9.17, 15) is 14.7 Å². The maximum absolute atomic E-state index is 12.4. The monoisotopic (exact) mass is 487 g/mol. The largest absolute Gasteiger partial charge is 0.393 e. The molecule has 4 nitrogen and oxygen atoms in total. The van der Waals surface area contributed by atoms with Crippen molar-refractivity contribution in [3.8, 4) is 0 Å². The summed E-state index contributed by atoms with van der Waals surface area (Å²) in [5.74, 6) is 4.30. The van der Waals surface area contributed by atoms with Crippen LogP contribution >= 0.6 is 0 Å². The first-order chi connectivity index (χ1) is 16.7. The number of unbranched alkanes of at least 4 members (excludes halogenated alkanes) is 6. The second kappa shape index (κ2) is 11.2. The first-order valence-corrected chi connectivity index (χ1v) is 15.1. The van der Waals surface area contributed by atoms with Crippen molar-refractivity contribution in [2.45, 2.75) is 129 Å². The third-order valence-corrected chi connectivity index (χ3v) is 11.6. The van der Waals surface area contributed by atoms with E-state index in [2.05, 4.69) is 13.8 Å². The second-order valence-corrected chi connectivity index (χ2v) is 13.7. The van der Waals surface area contributed by atoms with Gasteiger partial charge in [-0.3, -0.25) is 9.59 Å². The molecule has 4 aliphatic carbocycles. The zero-order chi connectivity index (χ0) is 25.2. The highest BCUT2D eigenvalue weighted by Crippen LogP contribution is 2.67. The van der Waals surface area contributed by atoms with Gasteiger partial charge >= 0.3 is 0 Å². The van der Waals surface area contributed by atoms with Gasteiger partial charge in [-0.15, -0.1) is 0 Å². The van der Waals surface area contributed by atoms with Crippen LogP contribution in [0.5, 0.6) is 0 Å². The van der Waals surface area contributed by atoms with Crippen molar-refractivity contribution >= 4 is 11.7 Å². The van der Waals surface area contributed by atoms with Gasteiger partial charge in [-0.25, -0.2) is 0 Å². The first kappa shape index (κ1) is 27.1. The molecule has 0 aromatic carbocycles. The number of nitrogens with zero attached hydrogens (tertiary/aromatic N) is 1. The molecule has 0 radical (unpaired) electrons. The molecule has 0 spiro atoms. The van der Waals surface area contributed by atoms with Gasteiger partial charge in [0, 0.05) is 33.4 Å².